The van der Waals surface area contributed by atoms with E-state index in [2.05, 4.69) is 0 Å². The average molecular weight is 151 g/mol. The van der Waals surface area contributed by atoms with Gasteiger partial charge in [-0.3, -0.25) is 0 Å². The minimum Gasteiger partial charge on any atom is -0.394 e. The Morgan fingerprint density at radius 3 is 2.30 bits per heavy atom. The smallest absolute Gasteiger partial charge is 0.151 e. The normalized spacial score (nSPS) is 24.2. The van der Waals surface area contributed by atoms with Crippen molar-refractivity contribution in [2.45, 2.75) is 18.3 Å². The van der Waals surface area contributed by atoms with E-state index in [4.69, 9.17) is 21.8 Å². The van der Waals surface area contributed by atoms with Gasteiger partial charge >= 0.3 is 0 Å². The van der Waals surface area contributed by atoms with E-state index < -0.39 is 24.9 Å². The van der Waals surface area contributed by atoms with Crippen LogP contribution in [0.2, 0.25) is 0 Å². The molecule has 5 heteroatoms. The molecule has 4 atom stereocenters. The lowest BCUT2D eigenvalue weighted by Gasteiger charge is -2.16. The predicted octanol–water partition coefficient (Wildman–Crippen LogP) is -2.74. The summed E-state index contributed by atoms with van der Waals surface area (Å²) in [6.07, 6.45) is -5.42. The van der Waals surface area contributed by atoms with Crippen molar-refractivity contribution in [3.63, 3.8) is 0 Å². The zero-order valence-electron chi connectivity index (χ0n) is 6.08. The molecule has 60 valence electrons. The van der Waals surface area contributed by atoms with Gasteiger partial charge in [0.25, 0.3) is 0 Å². The molecule has 10 heavy (non-hydrogen) atoms. The highest BCUT2D eigenvalue weighted by Crippen LogP contribution is 1.96. The Labute approximate surface area is 58.9 Å². The van der Waals surface area contributed by atoms with Gasteiger partial charge in [-0.2, -0.15) is 0 Å². The first-order valence-corrected chi connectivity index (χ1v) is 2.60. The lowest BCUT2D eigenvalue weighted by Crippen LogP contribution is -2.40. The third-order valence-corrected chi connectivity index (χ3v) is 0.992. The Bertz CT molecular complexity index is 128. The zero-order chi connectivity index (χ0) is 9.02. The van der Waals surface area contributed by atoms with Crippen molar-refractivity contribution in [1.82, 2.24) is 0 Å². The van der Waals surface area contributed by atoms with Gasteiger partial charge in [-0.1, -0.05) is 0 Å². The minimum atomic E-state index is -1.93. The van der Waals surface area contributed by atoms with E-state index in [0.717, 1.165) is 0 Å². The maximum atomic E-state index is 9.81. The number of aliphatic hydroxyl groups excluding tert-OH is 4. The molecule has 0 radical (unpaired) electrons. The van der Waals surface area contributed by atoms with Crippen molar-refractivity contribution in [1.29, 1.82) is 0 Å². The molecule has 0 aromatic carbocycles. The van der Waals surface area contributed by atoms with Gasteiger partial charge in [-0.05, 0) is 0 Å². The molecule has 5 nitrogen and oxygen atoms in total. The monoisotopic (exact) mass is 151 g/mol. The van der Waals surface area contributed by atoms with Gasteiger partial charge < -0.3 is 25.2 Å². The van der Waals surface area contributed by atoms with E-state index in [0.29, 0.717) is 0 Å². The second-order valence-corrected chi connectivity index (χ2v) is 1.76. The van der Waals surface area contributed by atoms with E-state index in [1.807, 2.05) is 0 Å². The third-order valence-electron chi connectivity index (χ3n) is 0.992. The summed E-state index contributed by atoms with van der Waals surface area (Å²) in [5.41, 5.74) is 0. The third kappa shape index (κ3) is 2.40. The van der Waals surface area contributed by atoms with Crippen LogP contribution in [-0.4, -0.2) is 51.6 Å². The molecule has 0 spiro atoms. The minimum absolute atomic E-state index is 0.0102. The molecular weight excluding hydrogens is 140 g/mol. The summed E-state index contributed by atoms with van der Waals surface area (Å²) >= 11 is 0. The molecule has 0 bridgehead atoms. The molecule has 0 aromatic heterocycles. The molecule has 1 unspecified atom stereocenters. The highest BCUT2D eigenvalue weighted by atomic mass is 16.4. The zero-order valence-corrected chi connectivity index (χ0v) is 5.08. The molecule has 0 rings (SSSR count). The van der Waals surface area contributed by atoms with Gasteiger partial charge in [-0.15, -0.1) is 0 Å². The van der Waals surface area contributed by atoms with Crippen LogP contribution < -0.4 is 0 Å². The predicted molar refractivity (Wildman–Crippen MR) is 31.2 cm³/mol. The summed E-state index contributed by atoms with van der Waals surface area (Å²) in [4.78, 5) is 9.81. The largest absolute Gasteiger partial charge is 0.394 e. The Balaban J connectivity index is 4.00. The maximum absolute atomic E-state index is 9.81. The van der Waals surface area contributed by atoms with Gasteiger partial charge in [0.2, 0.25) is 0 Å². The van der Waals surface area contributed by atoms with Crippen molar-refractivity contribution >= 4 is 6.29 Å². The second kappa shape index (κ2) is 4.35. The number of carbonyl (C=O) groups is 1. The summed E-state index contributed by atoms with van der Waals surface area (Å²) in [6, 6.07) is 0. The molecule has 0 aliphatic carbocycles. The van der Waals surface area contributed by atoms with Crippen LogP contribution in [0.3, 0.4) is 0 Å². The van der Waals surface area contributed by atoms with Crippen LogP contribution in [0, 0.1) is 0 Å². The van der Waals surface area contributed by atoms with Gasteiger partial charge in [0.15, 0.2) is 6.29 Å². The molecule has 0 aromatic rings. The molecule has 0 saturated carbocycles. The summed E-state index contributed by atoms with van der Waals surface area (Å²) < 4.78 is 6.50. The quantitative estimate of drug-likeness (QED) is 0.327. The van der Waals surface area contributed by atoms with E-state index in [-0.39, 0.29) is 6.29 Å². The standard InChI is InChI=1S/C5H10O5/c6-1-3(8)5(10)4(9)2-7/h1,3-5,7-10H,2H2/t3-,4+,5-/m0/s1/i2D/t2?,3-,4+,5-. The van der Waals surface area contributed by atoms with Crippen LogP contribution in [0.1, 0.15) is 1.37 Å². The van der Waals surface area contributed by atoms with Crippen LogP contribution in [-0.2, 0) is 4.79 Å². The van der Waals surface area contributed by atoms with Crippen LogP contribution >= 0.6 is 0 Å². The second-order valence-electron chi connectivity index (χ2n) is 1.76. The Kier molecular flexibility index (Phi) is 3.31. The molecule has 0 heterocycles. The van der Waals surface area contributed by atoms with Crippen molar-refractivity contribution in [2.24, 2.45) is 0 Å². The molecule has 0 amide bonds. The van der Waals surface area contributed by atoms with Crippen molar-refractivity contribution in [3.8, 4) is 0 Å². The molecule has 0 fully saturated rings. The first-order valence-electron chi connectivity index (χ1n) is 3.18. The lowest BCUT2D eigenvalue weighted by molar-refractivity contribution is -0.127. The maximum Gasteiger partial charge on any atom is 0.151 e. The molecule has 0 aliphatic heterocycles. The number of rotatable bonds is 4. The molecular formula is C5H10O5. The van der Waals surface area contributed by atoms with Crippen LogP contribution in [0.4, 0.5) is 0 Å². The number of aldehydes is 1. The van der Waals surface area contributed by atoms with E-state index >= 15 is 0 Å². The molecule has 4 N–H and O–H groups in total. The van der Waals surface area contributed by atoms with Gasteiger partial charge in [0.05, 0.1) is 7.95 Å². The number of hydrogen-bond donors (Lipinski definition) is 4. The highest BCUT2D eigenvalue weighted by molar-refractivity contribution is 5.56. The fourth-order valence-corrected chi connectivity index (χ4v) is 0.371. The van der Waals surface area contributed by atoms with E-state index in [1.54, 1.807) is 0 Å². The number of carbonyl (C=O) groups excluding carboxylic acids is 1. The van der Waals surface area contributed by atoms with Crippen LogP contribution in [0.5, 0.6) is 0 Å². The summed E-state index contributed by atoms with van der Waals surface area (Å²) in [6.45, 7) is -1.93. The first-order chi connectivity index (χ1) is 5.00. The summed E-state index contributed by atoms with van der Waals surface area (Å²) in [5, 5.41) is 34.4. The van der Waals surface area contributed by atoms with Crippen molar-refractivity contribution < 1.29 is 26.6 Å². The summed E-state index contributed by atoms with van der Waals surface area (Å²) in [5.74, 6) is 0. The fourth-order valence-electron chi connectivity index (χ4n) is 0.371. The lowest BCUT2D eigenvalue weighted by atomic mass is 10.1. The highest BCUT2D eigenvalue weighted by Gasteiger charge is 2.22. The average Bonchev–Trinajstić information content (AvgIpc) is 2.00. The van der Waals surface area contributed by atoms with E-state index in [9.17, 15) is 4.79 Å². The van der Waals surface area contributed by atoms with Gasteiger partial charge in [0.1, 0.15) is 18.3 Å². The number of aliphatic hydroxyl groups is 4. The Morgan fingerprint density at radius 1 is 1.50 bits per heavy atom. The SMILES string of the molecule is [2H]C(O)[C@@H](O)[C@@H](O)[C@@H](O)C=O. The van der Waals surface area contributed by atoms with Crippen LogP contribution in [0.15, 0.2) is 0 Å². The topological polar surface area (TPSA) is 98.0 Å². The Hall–Kier alpha value is -0.490. The van der Waals surface area contributed by atoms with Gasteiger partial charge in [0, 0.05) is 0 Å². The van der Waals surface area contributed by atoms with Crippen molar-refractivity contribution in [2.75, 3.05) is 6.58 Å². The van der Waals surface area contributed by atoms with Gasteiger partial charge in [-0.25, -0.2) is 0 Å². The fraction of sp³-hybridized carbons (Fsp3) is 0.800. The molecule has 0 saturated heterocycles. The molecule has 0 aliphatic rings. The van der Waals surface area contributed by atoms with E-state index in [1.165, 1.54) is 0 Å². The number of hydrogen-bond acceptors (Lipinski definition) is 5. The first kappa shape index (κ1) is 7.62. The van der Waals surface area contributed by atoms with Crippen molar-refractivity contribution in [3.05, 3.63) is 0 Å². The Morgan fingerprint density at radius 2 is 2.00 bits per heavy atom. The summed E-state index contributed by atoms with van der Waals surface area (Å²) in [7, 11) is 0. The van der Waals surface area contributed by atoms with Crippen LogP contribution in [0.25, 0.3) is 0 Å².